The molecular weight excluding hydrogens is 400 g/mol. The van der Waals surface area contributed by atoms with Crippen molar-refractivity contribution in [2.45, 2.75) is 117 Å². The van der Waals surface area contributed by atoms with Crippen LogP contribution in [0.15, 0.2) is 0 Å². The van der Waals surface area contributed by atoms with Crippen LogP contribution in [0.1, 0.15) is 117 Å². The highest BCUT2D eigenvalue weighted by molar-refractivity contribution is 7.79. The van der Waals surface area contributed by atoms with Crippen molar-refractivity contribution in [1.82, 2.24) is 0 Å². The summed E-state index contributed by atoms with van der Waals surface area (Å²) in [7, 11) is -2.62. The molecule has 30 heavy (non-hydrogen) atoms. The van der Waals surface area contributed by atoms with Crippen LogP contribution >= 0.6 is 0 Å². The molecule has 0 aromatic carbocycles. The first-order valence-corrected chi connectivity index (χ1v) is 13.4. The van der Waals surface area contributed by atoms with E-state index in [1.54, 1.807) is 0 Å². The Morgan fingerprint density at radius 2 is 1.00 bits per heavy atom. The molecule has 0 aliphatic rings. The zero-order chi connectivity index (χ0) is 23.1. The first kappa shape index (κ1) is 31.5. The van der Waals surface area contributed by atoms with E-state index >= 15 is 0 Å². The third-order valence-electron chi connectivity index (χ3n) is 5.56. The second kappa shape index (κ2) is 21.5. The SMILES string of the molecule is CCCCCCCCCC[N+](C)(CC#N)CCCCCCCCCC.O=S(=O)([O-])O. The Morgan fingerprint density at radius 1 is 0.733 bits per heavy atom. The number of hydrogen-bond acceptors (Lipinski definition) is 4. The lowest BCUT2D eigenvalue weighted by Crippen LogP contribution is -2.45. The van der Waals surface area contributed by atoms with Crippen molar-refractivity contribution in [3.8, 4) is 6.07 Å². The number of rotatable bonds is 19. The second-order valence-electron chi connectivity index (χ2n) is 8.76. The molecule has 0 amide bonds. The largest absolute Gasteiger partial charge is 0.726 e. The van der Waals surface area contributed by atoms with Gasteiger partial charge in [0.1, 0.15) is 6.07 Å². The molecule has 0 spiro atoms. The van der Waals surface area contributed by atoms with Gasteiger partial charge in [0.2, 0.25) is 10.4 Å². The predicted octanol–water partition coefficient (Wildman–Crippen LogP) is 6.24. The standard InChI is InChI=1S/C23H47N2.H2O4S/c1-4-6-8-10-12-14-16-18-21-25(3,23-20-24)22-19-17-15-13-11-9-7-5-2;1-5(2,3)4/h4-19,21-23H2,1-3H3;(H2,1,2,3,4)/q+1;/p-1. The predicted molar refractivity (Wildman–Crippen MR) is 124 cm³/mol. The van der Waals surface area contributed by atoms with Gasteiger partial charge in [-0.3, -0.25) is 4.55 Å². The van der Waals surface area contributed by atoms with Gasteiger partial charge >= 0.3 is 0 Å². The lowest BCUT2D eigenvalue weighted by atomic mass is 10.1. The normalized spacial score (nSPS) is 11.6. The Hall–Kier alpha value is -0.680. The van der Waals surface area contributed by atoms with Gasteiger partial charge in [0, 0.05) is 0 Å². The lowest BCUT2D eigenvalue weighted by Gasteiger charge is -2.32. The first-order chi connectivity index (χ1) is 14.2. The fourth-order valence-corrected chi connectivity index (χ4v) is 3.70. The molecule has 1 N–H and O–H groups in total. The molecule has 0 saturated carbocycles. The van der Waals surface area contributed by atoms with Crippen LogP contribution in [0.2, 0.25) is 0 Å². The van der Waals surface area contributed by atoms with Gasteiger partial charge in [-0.25, -0.2) is 8.42 Å². The van der Waals surface area contributed by atoms with Crippen LogP contribution in [-0.4, -0.2) is 48.7 Å². The van der Waals surface area contributed by atoms with E-state index in [1.807, 2.05) is 0 Å². The molecule has 0 fully saturated rings. The molecule has 0 atom stereocenters. The first-order valence-electron chi connectivity index (χ1n) is 12.1. The Morgan fingerprint density at radius 3 is 1.27 bits per heavy atom. The van der Waals surface area contributed by atoms with E-state index in [0.29, 0.717) is 6.54 Å². The van der Waals surface area contributed by atoms with Crippen LogP contribution in [-0.2, 0) is 10.4 Å². The zero-order valence-electron chi connectivity index (χ0n) is 19.9. The van der Waals surface area contributed by atoms with E-state index in [4.69, 9.17) is 17.5 Å². The summed E-state index contributed by atoms with van der Waals surface area (Å²) in [5, 5.41) is 9.18. The van der Waals surface area contributed by atoms with Crippen LogP contribution in [0.3, 0.4) is 0 Å². The van der Waals surface area contributed by atoms with Crippen LogP contribution in [0.4, 0.5) is 0 Å². The van der Waals surface area contributed by atoms with Gasteiger partial charge in [-0.2, -0.15) is 5.26 Å². The fourth-order valence-electron chi connectivity index (χ4n) is 3.70. The molecule has 0 aliphatic carbocycles. The molecule has 0 aliphatic heterocycles. The molecule has 0 heterocycles. The number of quaternary nitrogens is 1. The van der Waals surface area contributed by atoms with Crippen molar-refractivity contribution < 1.29 is 22.0 Å². The molecule has 0 radical (unpaired) electrons. The lowest BCUT2D eigenvalue weighted by molar-refractivity contribution is -0.903. The molecular formula is C23H48N2O4S. The van der Waals surface area contributed by atoms with E-state index in [2.05, 4.69) is 27.0 Å². The number of hydrogen-bond donors (Lipinski definition) is 1. The maximum atomic E-state index is 9.18. The van der Waals surface area contributed by atoms with Gasteiger partial charge in [0.05, 0.1) is 20.1 Å². The van der Waals surface area contributed by atoms with Gasteiger partial charge in [-0.15, -0.1) is 0 Å². The molecule has 180 valence electrons. The smallest absolute Gasteiger partial charge is 0.215 e. The van der Waals surface area contributed by atoms with Crippen LogP contribution in [0.25, 0.3) is 0 Å². The van der Waals surface area contributed by atoms with Crippen LogP contribution in [0.5, 0.6) is 0 Å². The van der Waals surface area contributed by atoms with Crippen LogP contribution in [0, 0.1) is 11.3 Å². The van der Waals surface area contributed by atoms with Gasteiger partial charge in [-0.1, -0.05) is 90.9 Å². The minimum atomic E-state index is -4.92. The summed E-state index contributed by atoms with van der Waals surface area (Å²) in [4.78, 5) is 0. The minimum Gasteiger partial charge on any atom is -0.726 e. The zero-order valence-corrected chi connectivity index (χ0v) is 20.7. The Kier molecular flexibility index (Phi) is 22.6. The fraction of sp³-hybridized carbons (Fsp3) is 0.957. The van der Waals surface area contributed by atoms with Crippen LogP contribution < -0.4 is 0 Å². The van der Waals surface area contributed by atoms with E-state index in [-0.39, 0.29) is 0 Å². The number of nitriles is 1. The summed E-state index contributed by atoms with van der Waals surface area (Å²) in [6.45, 7) is 7.63. The van der Waals surface area contributed by atoms with Crippen molar-refractivity contribution >= 4 is 10.4 Å². The van der Waals surface area contributed by atoms with Crippen molar-refractivity contribution in [3.05, 3.63) is 0 Å². The van der Waals surface area contributed by atoms with Gasteiger partial charge in [-0.05, 0) is 25.7 Å². The summed E-state index contributed by atoms with van der Waals surface area (Å²) in [5.74, 6) is 0. The molecule has 0 aromatic rings. The Labute approximate surface area is 187 Å². The summed E-state index contributed by atoms with van der Waals surface area (Å²) in [6.07, 6.45) is 22.0. The molecule has 0 unspecified atom stereocenters. The van der Waals surface area contributed by atoms with Gasteiger partial charge in [0.25, 0.3) is 0 Å². The second-order valence-corrected chi connectivity index (χ2v) is 9.62. The Balaban J connectivity index is 0. The average molecular weight is 449 g/mol. The molecule has 0 aromatic heterocycles. The number of unbranched alkanes of at least 4 members (excludes halogenated alkanes) is 14. The maximum Gasteiger partial charge on any atom is 0.215 e. The van der Waals surface area contributed by atoms with Crippen molar-refractivity contribution in [1.29, 1.82) is 5.26 Å². The summed E-state index contributed by atoms with van der Waals surface area (Å²) in [6, 6.07) is 2.43. The van der Waals surface area contributed by atoms with Gasteiger partial charge < -0.3 is 9.04 Å². The quantitative estimate of drug-likeness (QED) is 0.0828. The van der Waals surface area contributed by atoms with E-state index < -0.39 is 10.4 Å². The highest BCUT2D eigenvalue weighted by atomic mass is 32.3. The highest BCUT2D eigenvalue weighted by Gasteiger charge is 2.19. The van der Waals surface area contributed by atoms with Crippen molar-refractivity contribution in [2.75, 3.05) is 26.7 Å². The van der Waals surface area contributed by atoms with Crippen molar-refractivity contribution in [3.63, 3.8) is 0 Å². The molecule has 0 bridgehead atoms. The third-order valence-corrected chi connectivity index (χ3v) is 5.56. The van der Waals surface area contributed by atoms with E-state index in [1.165, 1.54) is 116 Å². The minimum absolute atomic E-state index is 0.688. The van der Waals surface area contributed by atoms with Crippen molar-refractivity contribution in [2.24, 2.45) is 0 Å². The number of nitrogens with zero attached hydrogens (tertiary/aromatic N) is 2. The monoisotopic (exact) mass is 448 g/mol. The third kappa shape index (κ3) is 29.5. The Bertz CT molecular complexity index is 476. The van der Waals surface area contributed by atoms with E-state index in [9.17, 15) is 5.26 Å². The molecule has 7 heteroatoms. The maximum absolute atomic E-state index is 9.18. The summed E-state index contributed by atoms with van der Waals surface area (Å²) < 4.78 is 33.8. The highest BCUT2D eigenvalue weighted by Crippen LogP contribution is 2.14. The molecule has 0 rings (SSSR count). The molecule has 6 nitrogen and oxygen atoms in total. The average Bonchev–Trinajstić information content (AvgIpc) is 2.65. The topological polar surface area (TPSA) is 101 Å². The van der Waals surface area contributed by atoms with E-state index in [0.717, 1.165) is 4.48 Å². The summed E-state index contributed by atoms with van der Waals surface area (Å²) >= 11 is 0. The summed E-state index contributed by atoms with van der Waals surface area (Å²) in [5.41, 5.74) is 0. The molecule has 0 saturated heterocycles. The van der Waals surface area contributed by atoms with Gasteiger partial charge in [0.15, 0.2) is 6.54 Å².